The molecule has 1 atom stereocenters. The Balaban J connectivity index is 1.55. The molecule has 7 nitrogen and oxygen atoms in total. The number of methoxy groups -OCH3 is 1. The SMILES string of the molecule is COc1ccc2nc(NC(=O)C3CCCN3S(=O)(=O)c3cccs3)sc2c1. The number of carbonyl (C=O) groups excluding carboxylic acids is 1. The Morgan fingerprint density at radius 1 is 1.37 bits per heavy atom. The van der Waals surface area contributed by atoms with E-state index < -0.39 is 16.1 Å². The van der Waals surface area contributed by atoms with Crippen molar-refractivity contribution < 1.29 is 17.9 Å². The van der Waals surface area contributed by atoms with Gasteiger partial charge < -0.3 is 10.1 Å². The third-order valence-electron chi connectivity index (χ3n) is 4.39. The van der Waals surface area contributed by atoms with E-state index in [1.165, 1.54) is 15.6 Å². The number of ether oxygens (including phenoxy) is 1. The summed E-state index contributed by atoms with van der Waals surface area (Å²) in [6.45, 7) is 0.343. The highest BCUT2D eigenvalue weighted by Crippen LogP contribution is 2.32. The maximum atomic E-state index is 12.8. The van der Waals surface area contributed by atoms with E-state index in [0.29, 0.717) is 30.3 Å². The molecule has 3 aromatic rings. The molecular weight excluding hydrogens is 406 g/mol. The van der Waals surface area contributed by atoms with E-state index in [1.807, 2.05) is 12.1 Å². The van der Waals surface area contributed by atoms with Crippen molar-refractivity contribution in [1.82, 2.24) is 9.29 Å². The van der Waals surface area contributed by atoms with Gasteiger partial charge in [-0.3, -0.25) is 4.79 Å². The highest BCUT2D eigenvalue weighted by molar-refractivity contribution is 7.91. The van der Waals surface area contributed by atoms with E-state index in [-0.39, 0.29) is 10.1 Å². The second-order valence-corrected chi connectivity index (χ2v) is 10.1. The second-order valence-electron chi connectivity index (χ2n) is 6.05. The predicted molar refractivity (Wildman–Crippen MR) is 106 cm³/mol. The quantitative estimate of drug-likeness (QED) is 0.681. The van der Waals surface area contributed by atoms with Gasteiger partial charge >= 0.3 is 0 Å². The van der Waals surface area contributed by atoms with Gasteiger partial charge in [0.2, 0.25) is 5.91 Å². The van der Waals surface area contributed by atoms with Crippen molar-refractivity contribution in [2.24, 2.45) is 0 Å². The average molecular weight is 424 g/mol. The number of hydrogen-bond acceptors (Lipinski definition) is 7. The molecule has 1 aliphatic heterocycles. The molecule has 142 valence electrons. The normalized spacial score (nSPS) is 18.0. The smallest absolute Gasteiger partial charge is 0.253 e. The van der Waals surface area contributed by atoms with Crippen LogP contribution in [0, 0.1) is 0 Å². The molecule has 1 aromatic carbocycles. The van der Waals surface area contributed by atoms with Crippen molar-refractivity contribution in [3.05, 3.63) is 35.7 Å². The van der Waals surface area contributed by atoms with Crippen LogP contribution in [0.1, 0.15) is 12.8 Å². The summed E-state index contributed by atoms with van der Waals surface area (Å²) in [5, 5.41) is 4.95. The third-order valence-corrected chi connectivity index (χ3v) is 8.60. The van der Waals surface area contributed by atoms with Crippen LogP contribution in [0.5, 0.6) is 5.75 Å². The topological polar surface area (TPSA) is 88.6 Å². The van der Waals surface area contributed by atoms with Gasteiger partial charge in [-0.15, -0.1) is 11.3 Å². The minimum absolute atomic E-state index is 0.259. The third kappa shape index (κ3) is 3.45. The summed E-state index contributed by atoms with van der Waals surface area (Å²) in [4.78, 5) is 17.2. The first kappa shape index (κ1) is 18.4. The zero-order chi connectivity index (χ0) is 19.0. The molecule has 0 aliphatic carbocycles. The van der Waals surface area contributed by atoms with Crippen LogP contribution in [0.15, 0.2) is 39.9 Å². The van der Waals surface area contributed by atoms with Crippen molar-refractivity contribution in [3.63, 3.8) is 0 Å². The molecule has 1 unspecified atom stereocenters. The van der Waals surface area contributed by atoms with Gasteiger partial charge in [-0.25, -0.2) is 13.4 Å². The largest absolute Gasteiger partial charge is 0.497 e. The Morgan fingerprint density at radius 3 is 2.96 bits per heavy atom. The van der Waals surface area contributed by atoms with Crippen LogP contribution in [0.25, 0.3) is 10.2 Å². The number of anilines is 1. The second kappa shape index (κ2) is 7.19. The average Bonchev–Trinajstić information content (AvgIpc) is 3.39. The Hall–Kier alpha value is -2.01. The lowest BCUT2D eigenvalue weighted by atomic mass is 10.2. The summed E-state index contributed by atoms with van der Waals surface area (Å²) in [7, 11) is -2.07. The summed E-state index contributed by atoms with van der Waals surface area (Å²) in [6.07, 6.45) is 1.15. The number of hydrogen-bond donors (Lipinski definition) is 1. The molecular formula is C17H17N3O4S3. The molecule has 27 heavy (non-hydrogen) atoms. The number of nitrogens with zero attached hydrogens (tertiary/aromatic N) is 2. The maximum Gasteiger partial charge on any atom is 0.253 e. The van der Waals surface area contributed by atoms with Gasteiger partial charge in [0, 0.05) is 6.54 Å². The van der Waals surface area contributed by atoms with E-state index in [2.05, 4.69) is 10.3 Å². The Kier molecular flexibility index (Phi) is 4.89. The first-order valence-electron chi connectivity index (χ1n) is 8.30. The number of sulfonamides is 1. The Bertz CT molecular complexity index is 1080. The molecule has 0 saturated carbocycles. The number of rotatable bonds is 5. The van der Waals surface area contributed by atoms with Crippen molar-refractivity contribution in [2.75, 3.05) is 19.0 Å². The summed E-state index contributed by atoms with van der Waals surface area (Å²) in [5.74, 6) is 0.367. The monoisotopic (exact) mass is 423 g/mol. The summed E-state index contributed by atoms with van der Waals surface area (Å²) in [5.41, 5.74) is 0.755. The zero-order valence-electron chi connectivity index (χ0n) is 14.4. The summed E-state index contributed by atoms with van der Waals surface area (Å²) < 4.78 is 33.3. The van der Waals surface area contributed by atoms with Crippen LogP contribution in [-0.4, -0.2) is 43.3 Å². The highest BCUT2D eigenvalue weighted by atomic mass is 32.2. The number of benzene rings is 1. The van der Waals surface area contributed by atoms with Crippen molar-refractivity contribution >= 4 is 54.0 Å². The minimum Gasteiger partial charge on any atom is -0.497 e. The maximum absolute atomic E-state index is 12.8. The lowest BCUT2D eigenvalue weighted by Gasteiger charge is -2.22. The lowest BCUT2D eigenvalue weighted by Crippen LogP contribution is -2.42. The first-order valence-corrected chi connectivity index (χ1v) is 11.4. The van der Waals surface area contributed by atoms with Crippen LogP contribution >= 0.6 is 22.7 Å². The number of aromatic nitrogens is 1. The molecule has 1 aliphatic rings. The van der Waals surface area contributed by atoms with Gasteiger partial charge in [0.25, 0.3) is 10.0 Å². The number of fused-ring (bicyclic) bond motifs is 1. The minimum atomic E-state index is -3.66. The van der Waals surface area contributed by atoms with E-state index in [4.69, 9.17) is 4.74 Å². The van der Waals surface area contributed by atoms with Crippen LogP contribution in [0.3, 0.4) is 0 Å². The first-order chi connectivity index (χ1) is 13.0. The fraction of sp³-hybridized carbons (Fsp3) is 0.294. The van der Waals surface area contributed by atoms with Gasteiger partial charge in [-0.05, 0) is 42.5 Å². The molecule has 1 saturated heterocycles. The molecule has 0 radical (unpaired) electrons. The van der Waals surface area contributed by atoms with Crippen molar-refractivity contribution in [3.8, 4) is 5.75 Å². The van der Waals surface area contributed by atoms with Crippen LogP contribution in [-0.2, 0) is 14.8 Å². The summed E-state index contributed by atoms with van der Waals surface area (Å²) >= 11 is 2.49. The molecule has 0 bridgehead atoms. The van der Waals surface area contributed by atoms with Crippen LogP contribution in [0.2, 0.25) is 0 Å². The molecule has 3 heterocycles. The highest BCUT2D eigenvalue weighted by Gasteiger charge is 2.40. The Morgan fingerprint density at radius 2 is 2.22 bits per heavy atom. The van der Waals surface area contributed by atoms with Gasteiger partial charge in [0.15, 0.2) is 5.13 Å². The van der Waals surface area contributed by atoms with Gasteiger partial charge in [0.1, 0.15) is 16.0 Å². The van der Waals surface area contributed by atoms with E-state index in [0.717, 1.165) is 21.6 Å². The van der Waals surface area contributed by atoms with Crippen molar-refractivity contribution in [1.29, 1.82) is 0 Å². The molecule has 2 aromatic heterocycles. The lowest BCUT2D eigenvalue weighted by molar-refractivity contribution is -0.119. The molecule has 1 fully saturated rings. The van der Waals surface area contributed by atoms with Gasteiger partial charge in [-0.2, -0.15) is 4.31 Å². The van der Waals surface area contributed by atoms with Crippen molar-refractivity contribution in [2.45, 2.75) is 23.1 Å². The molecule has 0 spiro atoms. The van der Waals surface area contributed by atoms with Crippen LogP contribution in [0.4, 0.5) is 5.13 Å². The molecule has 1 amide bonds. The molecule has 4 rings (SSSR count). The predicted octanol–water partition coefficient (Wildman–Crippen LogP) is 3.16. The number of thiazole rings is 1. The molecule has 10 heteroatoms. The fourth-order valence-electron chi connectivity index (χ4n) is 3.09. The Labute approximate surface area is 164 Å². The summed E-state index contributed by atoms with van der Waals surface area (Å²) in [6, 6.07) is 8.01. The van der Waals surface area contributed by atoms with E-state index in [9.17, 15) is 13.2 Å². The molecule has 1 N–H and O–H groups in total. The van der Waals surface area contributed by atoms with E-state index in [1.54, 1.807) is 30.7 Å². The zero-order valence-corrected chi connectivity index (χ0v) is 16.9. The number of nitrogens with one attached hydrogen (secondary N) is 1. The standard InChI is InChI=1S/C17H17N3O4S3/c1-24-11-6-7-12-14(10-11)26-17(18-12)19-16(21)13-4-2-8-20(13)27(22,23)15-5-3-9-25-15/h3,5-7,9-10,13H,2,4,8H2,1H3,(H,18,19,21). The number of thiophene rings is 1. The van der Waals surface area contributed by atoms with Gasteiger partial charge in [-0.1, -0.05) is 17.4 Å². The fourth-order valence-corrected chi connectivity index (χ4v) is 6.76. The van der Waals surface area contributed by atoms with E-state index >= 15 is 0 Å². The van der Waals surface area contributed by atoms with Crippen LogP contribution < -0.4 is 10.1 Å². The van der Waals surface area contributed by atoms with Gasteiger partial charge in [0.05, 0.1) is 17.3 Å². The number of carbonyl (C=O) groups is 1. The number of amides is 1.